The second kappa shape index (κ2) is 4.75. The van der Waals surface area contributed by atoms with Crippen molar-refractivity contribution in [3.8, 4) is 0 Å². The second-order valence-electron chi connectivity index (χ2n) is 4.53. The molecule has 1 aromatic rings. The van der Waals surface area contributed by atoms with E-state index in [9.17, 15) is 0 Å². The third kappa shape index (κ3) is 2.56. The van der Waals surface area contributed by atoms with Crippen molar-refractivity contribution in [2.45, 2.75) is 44.9 Å². The maximum absolute atomic E-state index is 5.60. The minimum absolute atomic E-state index is 0.486. The van der Waals surface area contributed by atoms with Crippen LogP contribution in [0.2, 0.25) is 0 Å². The smallest absolute Gasteiger partial charge is 0.219 e. The highest BCUT2D eigenvalue weighted by Gasteiger charge is 2.24. The first-order valence-corrected chi connectivity index (χ1v) is 5.82. The molecule has 0 saturated heterocycles. The van der Waals surface area contributed by atoms with Crippen LogP contribution >= 0.6 is 0 Å². The molecule has 0 unspecified atom stereocenters. The molecule has 0 aliphatic heterocycles. The van der Waals surface area contributed by atoms with Crippen LogP contribution in [0.3, 0.4) is 0 Å². The summed E-state index contributed by atoms with van der Waals surface area (Å²) in [6.45, 7) is 2.88. The third-order valence-corrected chi connectivity index (χ3v) is 3.21. The molecule has 0 atom stereocenters. The average Bonchev–Trinajstić information content (AvgIpc) is 2.68. The van der Waals surface area contributed by atoms with E-state index in [1.807, 2.05) is 0 Å². The van der Waals surface area contributed by atoms with Crippen LogP contribution < -0.4 is 5.73 Å². The molecular weight excluding hydrogens is 190 g/mol. The number of hydrogen-bond donors (Lipinski definition) is 1. The van der Waals surface area contributed by atoms with Crippen molar-refractivity contribution in [2.24, 2.45) is 11.7 Å². The Morgan fingerprint density at radius 1 is 1.27 bits per heavy atom. The van der Waals surface area contributed by atoms with Crippen molar-refractivity contribution < 1.29 is 4.42 Å². The van der Waals surface area contributed by atoms with Crippen molar-refractivity contribution in [3.63, 3.8) is 0 Å². The third-order valence-electron chi connectivity index (χ3n) is 3.21. The molecule has 4 heteroatoms. The quantitative estimate of drug-likeness (QED) is 0.825. The first-order chi connectivity index (χ1) is 7.29. The summed E-state index contributed by atoms with van der Waals surface area (Å²) in [6, 6.07) is 0. The number of hydrogen-bond acceptors (Lipinski definition) is 4. The summed E-state index contributed by atoms with van der Waals surface area (Å²) in [5, 5.41) is 8.11. The maximum atomic E-state index is 5.60. The lowest BCUT2D eigenvalue weighted by molar-refractivity contribution is 0.302. The Balaban J connectivity index is 1.96. The van der Waals surface area contributed by atoms with Crippen LogP contribution in [0.4, 0.5) is 0 Å². The van der Waals surface area contributed by atoms with Crippen molar-refractivity contribution in [3.05, 3.63) is 11.8 Å². The molecule has 1 aliphatic carbocycles. The lowest BCUT2D eigenvalue weighted by atomic mass is 9.83. The Labute approximate surface area is 90.3 Å². The van der Waals surface area contributed by atoms with Gasteiger partial charge in [-0.25, -0.2) is 0 Å². The van der Waals surface area contributed by atoms with Gasteiger partial charge in [0.15, 0.2) is 0 Å². The zero-order valence-electron chi connectivity index (χ0n) is 9.28. The Morgan fingerprint density at radius 2 is 2.00 bits per heavy atom. The summed E-state index contributed by atoms with van der Waals surface area (Å²) in [5.74, 6) is 2.85. The Morgan fingerprint density at radius 3 is 2.67 bits per heavy atom. The van der Waals surface area contributed by atoms with Crippen LogP contribution in [0, 0.1) is 5.92 Å². The fourth-order valence-electron chi connectivity index (χ4n) is 2.16. The van der Waals surface area contributed by atoms with Gasteiger partial charge in [-0.2, -0.15) is 0 Å². The van der Waals surface area contributed by atoms with E-state index >= 15 is 0 Å². The molecule has 1 saturated carbocycles. The van der Waals surface area contributed by atoms with Gasteiger partial charge in [-0.3, -0.25) is 0 Å². The number of rotatable bonds is 3. The number of nitrogens with two attached hydrogens (primary N) is 1. The van der Waals surface area contributed by atoms with E-state index in [2.05, 4.69) is 17.1 Å². The Bertz CT molecular complexity index is 303. The highest BCUT2D eigenvalue weighted by Crippen LogP contribution is 2.34. The standard InChI is InChI=1S/C11H19N3O/c1-8-2-4-9(5-3-8)11-14-13-10(15-11)6-7-12/h8-9H,2-7,12H2,1H3. The molecule has 0 spiro atoms. The monoisotopic (exact) mass is 209 g/mol. The molecule has 2 rings (SSSR count). The molecule has 2 N–H and O–H groups in total. The molecule has 1 aromatic heterocycles. The van der Waals surface area contributed by atoms with Crippen LogP contribution in [0.1, 0.15) is 50.3 Å². The average molecular weight is 209 g/mol. The van der Waals surface area contributed by atoms with Crippen LogP contribution in [0.5, 0.6) is 0 Å². The van der Waals surface area contributed by atoms with Crippen LogP contribution in [-0.4, -0.2) is 16.7 Å². The molecule has 1 heterocycles. The second-order valence-corrected chi connectivity index (χ2v) is 4.53. The van der Waals surface area contributed by atoms with Crippen LogP contribution in [0.25, 0.3) is 0 Å². The zero-order chi connectivity index (χ0) is 10.7. The molecule has 0 aromatic carbocycles. The van der Waals surface area contributed by atoms with E-state index in [-0.39, 0.29) is 0 Å². The van der Waals surface area contributed by atoms with Gasteiger partial charge in [0, 0.05) is 18.9 Å². The van der Waals surface area contributed by atoms with E-state index in [1.165, 1.54) is 25.7 Å². The van der Waals surface area contributed by atoms with Crippen molar-refractivity contribution >= 4 is 0 Å². The summed E-state index contributed by atoms with van der Waals surface area (Å²) < 4.78 is 5.60. The lowest BCUT2D eigenvalue weighted by Gasteiger charge is -2.23. The van der Waals surface area contributed by atoms with Gasteiger partial charge in [0.25, 0.3) is 0 Å². The molecule has 1 aliphatic rings. The van der Waals surface area contributed by atoms with Gasteiger partial charge < -0.3 is 10.2 Å². The summed E-state index contributed by atoms with van der Waals surface area (Å²) in [7, 11) is 0. The predicted molar refractivity (Wildman–Crippen MR) is 57.4 cm³/mol. The minimum Gasteiger partial charge on any atom is -0.425 e. The summed E-state index contributed by atoms with van der Waals surface area (Å²) in [4.78, 5) is 0. The molecule has 1 fully saturated rings. The number of nitrogens with zero attached hydrogens (tertiary/aromatic N) is 2. The van der Waals surface area contributed by atoms with Crippen molar-refractivity contribution in [2.75, 3.05) is 6.54 Å². The fraction of sp³-hybridized carbons (Fsp3) is 0.818. The van der Waals surface area contributed by atoms with Gasteiger partial charge in [-0.1, -0.05) is 6.92 Å². The van der Waals surface area contributed by atoms with Gasteiger partial charge in [-0.15, -0.1) is 10.2 Å². The molecular formula is C11H19N3O. The van der Waals surface area contributed by atoms with Gasteiger partial charge in [0.2, 0.25) is 11.8 Å². The Kier molecular flexibility index (Phi) is 3.36. The maximum Gasteiger partial charge on any atom is 0.219 e. The van der Waals surface area contributed by atoms with Gasteiger partial charge in [0.1, 0.15) is 0 Å². The first kappa shape index (κ1) is 10.6. The lowest BCUT2D eigenvalue weighted by Crippen LogP contribution is -2.11. The predicted octanol–water partition coefficient (Wildman–Crippen LogP) is 1.86. The van der Waals surface area contributed by atoms with E-state index < -0.39 is 0 Å². The van der Waals surface area contributed by atoms with E-state index in [0.29, 0.717) is 24.8 Å². The number of aromatic nitrogens is 2. The summed E-state index contributed by atoms with van der Waals surface area (Å²) in [5.41, 5.74) is 5.44. The normalized spacial score (nSPS) is 26.8. The molecule has 15 heavy (non-hydrogen) atoms. The highest BCUT2D eigenvalue weighted by molar-refractivity contribution is 4.94. The van der Waals surface area contributed by atoms with Gasteiger partial charge >= 0.3 is 0 Å². The van der Waals surface area contributed by atoms with Gasteiger partial charge in [0.05, 0.1) is 0 Å². The van der Waals surface area contributed by atoms with Crippen molar-refractivity contribution in [1.29, 1.82) is 0 Å². The largest absolute Gasteiger partial charge is 0.425 e. The topological polar surface area (TPSA) is 64.9 Å². The van der Waals surface area contributed by atoms with Crippen molar-refractivity contribution in [1.82, 2.24) is 10.2 Å². The van der Waals surface area contributed by atoms with Crippen LogP contribution in [-0.2, 0) is 6.42 Å². The van der Waals surface area contributed by atoms with Crippen LogP contribution in [0.15, 0.2) is 4.42 Å². The molecule has 4 nitrogen and oxygen atoms in total. The Hall–Kier alpha value is -0.900. The van der Waals surface area contributed by atoms with E-state index in [4.69, 9.17) is 10.2 Å². The summed E-state index contributed by atoms with van der Waals surface area (Å²) in [6.07, 6.45) is 5.62. The summed E-state index contributed by atoms with van der Waals surface area (Å²) >= 11 is 0. The zero-order valence-corrected chi connectivity index (χ0v) is 9.28. The SMILES string of the molecule is CC1CCC(c2nnc(CCN)o2)CC1. The molecule has 0 bridgehead atoms. The fourth-order valence-corrected chi connectivity index (χ4v) is 2.16. The highest BCUT2D eigenvalue weighted by atomic mass is 16.4. The van der Waals surface area contributed by atoms with Gasteiger partial charge in [-0.05, 0) is 31.6 Å². The molecule has 0 amide bonds. The minimum atomic E-state index is 0.486. The molecule has 0 radical (unpaired) electrons. The van der Waals surface area contributed by atoms with E-state index in [0.717, 1.165) is 11.8 Å². The molecule has 84 valence electrons. The van der Waals surface area contributed by atoms with E-state index in [1.54, 1.807) is 0 Å². The first-order valence-electron chi connectivity index (χ1n) is 5.82.